The second-order valence-electron chi connectivity index (χ2n) is 2.36. The standard InChI is InChI=1S/C7H6ClN3/c1-4-5-2-10-11-7(5)9-3-6(4)8/h2-3H,1H3,(H,9,10,11). The van der Waals surface area contributed by atoms with Crippen LogP contribution in [0, 0.1) is 6.92 Å². The van der Waals surface area contributed by atoms with Gasteiger partial charge in [-0.15, -0.1) is 0 Å². The van der Waals surface area contributed by atoms with Crippen molar-refractivity contribution in [1.29, 1.82) is 0 Å². The molecule has 2 rings (SSSR count). The summed E-state index contributed by atoms with van der Waals surface area (Å²) in [5.74, 6) is 0. The van der Waals surface area contributed by atoms with Gasteiger partial charge in [-0.1, -0.05) is 11.6 Å². The van der Waals surface area contributed by atoms with Gasteiger partial charge in [0.1, 0.15) is 0 Å². The Hall–Kier alpha value is -1.09. The van der Waals surface area contributed by atoms with Crippen molar-refractivity contribution in [3.05, 3.63) is 23.0 Å². The Labute approximate surface area is 68.4 Å². The number of aromatic amines is 1. The number of nitrogens with zero attached hydrogens (tertiary/aromatic N) is 2. The number of fused-ring (bicyclic) bond motifs is 1. The maximum Gasteiger partial charge on any atom is 0.155 e. The summed E-state index contributed by atoms with van der Waals surface area (Å²) in [5.41, 5.74) is 1.80. The van der Waals surface area contributed by atoms with Gasteiger partial charge >= 0.3 is 0 Å². The molecule has 0 saturated carbocycles. The second kappa shape index (κ2) is 2.20. The smallest absolute Gasteiger partial charge is 0.155 e. The third kappa shape index (κ3) is 0.886. The van der Waals surface area contributed by atoms with Crippen molar-refractivity contribution in [3.63, 3.8) is 0 Å². The van der Waals surface area contributed by atoms with Gasteiger partial charge in [0.15, 0.2) is 5.65 Å². The zero-order chi connectivity index (χ0) is 7.84. The molecule has 0 bridgehead atoms. The van der Waals surface area contributed by atoms with Crippen molar-refractivity contribution in [2.45, 2.75) is 6.92 Å². The van der Waals surface area contributed by atoms with Gasteiger partial charge in [0.05, 0.1) is 11.2 Å². The van der Waals surface area contributed by atoms with E-state index in [0.717, 1.165) is 16.6 Å². The highest BCUT2D eigenvalue weighted by atomic mass is 35.5. The van der Waals surface area contributed by atoms with E-state index in [-0.39, 0.29) is 0 Å². The first-order valence-corrected chi connectivity index (χ1v) is 3.61. The number of hydrogen-bond acceptors (Lipinski definition) is 2. The van der Waals surface area contributed by atoms with Gasteiger partial charge in [-0.2, -0.15) is 5.10 Å². The lowest BCUT2D eigenvalue weighted by atomic mass is 10.2. The summed E-state index contributed by atoms with van der Waals surface area (Å²) in [7, 11) is 0. The van der Waals surface area contributed by atoms with Gasteiger partial charge in [-0.3, -0.25) is 5.10 Å². The Balaban J connectivity index is 2.93. The summed E-state index contributed by atoms with van der Waals surface area (Å²) >= 11 is 5.84. The fourth-order valence-electron chi connectivity index (χ4n) is 0.999. The van der Waals surface area contributed by atoms with Crippen LogP contribution < -0.4 is 0 Å². The molecule has 0 spiro atoms. The third-order valence-corrected chi connectivity index (χ3v) is 2.07. The number of pyridine rings is 1. The van der Waals surface area contributed by atoms with Crippen LogP contribution in [0.4, 0.5) is 0 Å². The van der Waals surface area contributed by atoms with Crippen molar-refractivity contribution in [2.75, 3.05) is 0 Å². The van der Waals surface area contributed by atoms with Crippen LogP contribution in [0.25, 0.3) is 11.0 Å². The zero-order valence-corrected chi connectivity index (χ0v) is 6.68. The molecule has 2 aromatic rings. The minimum atomic E-state index is 0.680. The van der Waals surface area contributed by atoms with Crippen LogP contribution in [-0.4, -0.2) is 15.2 Å². The molecule has 11 heavy (non-hydrogen) atoms. The molecule has 3 nitrogen and oxygen atoms in total. The van der Waals surface area contributed by atoms with Gasteiger partial charge < -0.3 is 0 Å². The van der Waals surface area contributed by atoms with Crippen LogP contribution in [0.1, 0.15) is 5.56 Å². The molecule has 0 saturated heterocycles. The number of H-pyrrole nitrogens is 1. The van der Waals surface area contributed by atoms with Gasteiger partial charge in [0.2, 0.25) is 0 Å². The van der Waals surface area contributed by atoms with Gasteiger partial charge in [-0.25, -0.2) is 4.98 Å². The molecule has 2 heterocycles. The molecule has 0 atom stereocenters. The first-order valence-electron chi connectivity index (χ1n) is 3.23. The summed E-state index contributed by atoms with van der Waals surface area (Å²) in [5, 5.41) is 8.29. The predicted molar refractivity (Wildman–Crippen MR) is 43.6 cm³/mol. The Bertz CT molecular complexity index is 393. The van der Waals surface area contributed by atoms with E-state index in [1.54, 1.807) is 12.4 Å². The minimum Gasteiger partial charge on any atom is -0.261 e. The molecule has 0 unspecified atom stereocenters. The van der Waals surface area contributed by atoms with E-state index >= 15 is 0 Å². The average Bonchev–Trinajstić information content (AvgIpc) is 2.45. The second-order valence-corrected chi connectivity index (χ2v) is 2.77. The Morgan fingerprint density at radius 2 is 2.27 bits per heavy atom. The summed E-state index contributed by atoms with van der Waals surface area (Å²) in [6, 6.07) is 0. The molecule has 0 aliphatic heterocycles. The Morgan fingerprint density at radius 3 is 3.09 bits per heavy atom. The number of nitrogens with one attached hydrogen (secondary N) is 1. The topological polar surface area (TPSA) is 41.6 Å². The van der Waals surface area contributed by atoms with E-state index < -0.39 is 0 Å². The predicted octanol–water partition coefficient (Wildman–Crippen LogP) is 1.92. The lowest BCUT2D eigenvalue weighted by Crippen LogP contribution is -1.80. The van der Waals surface area contributed by atoms with Crippen LogP contribution in [0.2, 0.25) is 5.02 Å². The van der Waals surface area contributed by atoms with Gasteiger partial charge in [0.25, 0.3) is 0 Å². The molecule has 0 aromatic carbocycles. The van der Waals surface area contributed by atoms with Crippen molar-refractivity contribution in [2.24, 2.45) is 0 Å². The first kappa shape index (κ1) is 6.61. The lowest BCUT2D eigenvalue weighted by Gasteiger charge is -1.95. The zero-order valence-electron chi connectivity index (χ0n) is 5.93. The molecule has 0 amide bonds. The number of aryl methyl sites for hydroxylation is 1. The van der Waals surface area contributed by atoms with E-state index in [0.29, 0.717) is 5.02 Å². The molecular weight excluding hydrogens is 162 g/mol. The maximum atomic E-state index is 5.84. The number of aromatic nitrogens is 3. The number of hydrogen-bond donors (Lipinski definition) is 1. The summed E-state index contributed by atoms with van der Waals surface area (Å²) in [4.78, 5) is 4.05. The van der Waals surface area contributed by atoms with Crippen LogP contribution in [-0.2, 0) is 0 Å². The van der Waals surface area contributed by atoms with Gasteiger partial charge in [-0.05, 0) is 12.5 Å². The highest BCUT2D eigenvalue weighted by molar-refractivity contribution is 6.32. The van der Waals surface area contributed by atoms with E-state index in [9.17, 15) is 0 Å². The van der Waals surface area contributed by atoms with E-state index in [1.165, 1.54) is 0 Å². The minimum absolute atomic E-state index is 0.680. The molecule has 0 aliphatic carbocycles. The van der Waals surface area contributed by atoms with E-state index in [4.69, 9.17) is 11.6 Å². The van der Waals surface area contributed by atoms with E-state index in [2.05, 4.69) is 15.2 Å². The molecule has 0 radical (unpaired) electrons. The quantitative estimate of drug-likeness (QED) is 0.652. The summed E-state index contributed by atoms with van der Waals surface area (Å²) < 4.78 is 0. The molecule has 2 aromatic heterocycles. The van der Waals surface area contributed by atoms with Crippen LogP contribution in [0.3, 0.4) is 0 Å². The molecule has 1 N–H and O–H groups in total. The average molecular weight is 168 g/mol. The number of rotatable bonds is 0. The highest BCUT2D eigenvalue weighted by Gasteiger charge is 2.02. The Morgan fingerprint density at radius 1 is 1.45 bits per heavy atom. The van der Waals surface area contributed by atoms with Crippen LogP contribution in [0.15, 0.2) is 12.4 Å². The lowest BCUT2D eigenvalue weighted by molar-refractivity contribution is 1.10. The fraction of sp³-hybridized carbons (Fsp3) is 0.143. The van der Waals surface area contributed by atoms with Crippen molar-refractivity contribution in [1.82, 2.24) is 15.2 Å². The third-order valence-electron chi connectivity index (χ3n) is 1.69. The SMILES string of the molecule is Cc1c(Cl)cnc2[nH]ncc12. The van der Waals surface area contributed by atoms with Crippen molar-refractivity contribution >= 4 is 22.6 Å². The Kier molecular flexibility index (Phi) is 1.32. The summed E-state index contributed by atoms with van der Waals surface area (Å²) in [6.45, 7) is 1.95. The van der Waals surface area contributed by atoms with Gasteiger partial charge in [0, 0.05) is 11.6 Å². The van der Waals surface area contributed by atoms with Crippen LogP contribution >= 0.6 is 11.6 Å². The van der Waals surface area contributed by atoms with E-state index in [1.807, 2.05) is 6.92 Å². The monoisotopic (exact) mass is 167 g/mol. The largest absolute Gasteiger partial charge is 0.261 e. The highest BCUT2D eigenvalue weighted by Crippen LogP contribution is 2.20. The molecule has 4 heteroatoms. The molecule has 0 aliphatic rings. The molecular formula is C7H6ClN3. The normalized spacial score (nSPS) is 10.7. The van der Waals surface area contributed by atoms with Crippen molar-refractivity contribution in [3.8, 4) is 0 Å². The first-order chi connectivity index (χ1) is 5.29. The maximum absolute atomic E-state index is 5.84. The summed E-state index contributed by atoms with van der Waals surface area (Å²) in [6.07, 6.45) is 3.35. The fourth-order valence-corrected chi connectivity index (χ4v) is 1.15. The van der Waals surface area contributed by atoms with Crippen LogP contribution in [0.5, 0.6) is 0 Å². The number of halogens is 1. The molecule has 56 valence electrons. The molecule has 0 fully saturated rings. The van der Waals surface area contributed by atoms with Crippen molar-refractivity contribution < 1.29 is 0 Å².